The predicted molar refractivity (Wildman–Crippen MR) is 94.8 cm³/mol. The topological polar surface area (TPSA) is 46.5 Å². The molecule has 0 spiro atoms. The van der Waals surface area contributed by atoms with Gasteiger partial charge in [-0.2, -0.15) is 0 Å². The third-order valence-electron chi connectivity index (χ3n) is 3.92. The molecule has 1 fully saturated rings. The molecule has 1 aromatic carbocycles. The number of rotatable bonds is 3. The Bertz CT molecular complexity index is 620. The second kappa shape index (κ2) is 7.52. The molecule has 7 heteroatoms. The molecular formula is C16H16Cl4O3. The van der Waals surface area contributed by atoms with Crippen molar-refractivity contribution in [2.45, 2.75) is 44.6 Å². The molecule has 0 heterocycles. The maximum atomic E-state index is 12.0. The zero-order chi connectivity index (χ0) is 17.2. The summed E-state index contributed by atoms with van der Waals surface area (Å²) in [6.07, 6.45) is 7.45. The lowest BCUT2D eigenvalue weighted by molar-refractivity contribution is -0.154. The summed E-state index contributed by atoms with van der Waals surface area (Å²) >= 11 is 23.7. The first-order chi connectivity index (χ1) is 10.7. The number of halogens is 4. The highest BCUT2D eigenvalue weighted by Gasteiger charge is 2.30. The van der Waals surface area contributed by atoms with Crippen LogP contribution >= 0.6 is 46.4 Å². The molecule has 126 valence electrons. The molecule has 1 N–H and O–H groups in total. The van der Waals surface area contributed by atoms with Gasteiger partial charge in [-0.15, -0.1) is 0 Å². The highest BCUT2D eigenvalue weighted by atomic mass is 35.5. The summed E-state index contributed by atoms with van der Waals surface area (Å²) in [6, 6.07) is 0. The van der Waals surface area contributed by atoms with Crippen molar-refractivity contribution in [3.63, 3.8) is 0 Å². The van der Waals surface area contributed by atoms with Gasteiger partial charge >= 0.3 is 5.97 Å². The van der Waals surface area contributed by atoms with E-state index in [0.717, 1.165) is 32.1 Å². The molecule has 0 aliphatic heterocycles. The highest BCUT2D eigenvalue weighted by Crippen LogP contribution is 2.45. The molecule has 23 heavy (non-hydrogen) atoms. The Morgan fingerprint density at radius 2 is 1.61 bits per heavy atom. The largest absolute Gasteiger partial charge is 0.506 e. The highest BCUT2D eigenvalue weighted by molar-refractivity contribution is 6.52. The van der Waals surface area contributed by atoms with Crippen LogP contribution in [0.5, 0.6) is 5.75 Å². The van der Waals surface area contributed by atoms with Gasteiger partial charge in [0.1, 0.15) is 16.4 Å². The van der Waals surface area contributed by atoms with Crippen molar-refractivity contribution in [3.8, 4) is 5.75 Å². The van der Waals surface area contributed by atoms with Crippen LogP contribution in [0.15, 0.2) is 6.08 Å². The van der Waals surface area contributed by atoms with Crippen molar-refractivity contribution in [2.75, 3.05) is 0 Å². The van der Waals surface area contributed by atoms with Crippen LogP contribution < -0.4 is 0 Å². The Morgan fingerprint density at radius 1 is 1.04 bits per heavy atom. The molecule has 2 rings (SSSR count). The van der Waals surface area contributed by atoms with E-state index in [1.807, 2.05) is 6.92 Å². The average Bonchev–Trinajstić information content (AvgIpc) is 2.51. The molecule has 0 unspecified atom stereocenters. The SMILES string of the molecule is CC1(OC(=O)/C=C/c2c(O)c(Cl)c(Cl)c(Cl)c2Cl)CCCCC1. The van der Waals surface area contributed by atoms with E-state index in [1.54, 1.807) is 0 Å². The van der Waals surface area contributed by atoms with Crippen molar-refractivity contribution in [3.05, 3.63) is 31.7 Å². The van der Waals surface area contributed by atoms with Gasteiger partial charge in [-0.25, -0.2) is 4.79 Å². The fraction of sp³-hybridized carbons (Fsp3) is 0.438. The predicted octanol–water partition coefficient (Wildman–Crippen LogP) is 6.29. The molecule has 3 nitrogen and oxygen atoms in total. The number of ether oxygens (including phenoxy) is 1. The molecule has 0 bridgehead atoms. The molecule has 0 saturated heterocycles. The average molecular weight is 398 g/mol. The van der Waals surface area contributed by atoms with Gasteiger partial charge in [-0.05, 0) is 38.7 Å². The summed E-state index contributed by atoms with van der Waals surface area (Å²) in [6.45, 7) is 1.93. The lowest BCUT2D eigenvalue weighted by Crippen LogP contribution is -2.33. The number of carbonyl (C=O) groups excluding carboxylic acids is 1. The number of carbonyl (C=O) groups is 1. The minimum absolute atomic E-state index is 0.0170. The monoisotopic (exact) mass is 396 g/mol. The van der Waals surface area contributed by atoms with E-state index in [1.165, 1.54) is 12.2 Å². The van der Waals surface area contributed by atoms with E-state index in [2.05, 4.69) is 0 Å². The van der Waals surface area contributed by atoms with Crippen LogP contribution in [0, 0.1) is 0 Å². The zero-order valence-corrected chi connectivity index (χ0v) is 15.5. The number of aromatic hydroxyl groups is 1. The molecule has 1 aliphatic carbocycles. The fourth-order valence-electron chi connectivity index (χ4n) is 2.62. The lowest BCUT2D eigenvalue weighted by atomic mass is 9.86. The van der Waals surface area contributed by atoms with Crippen LogP contribution in [-0.4, -0.2) is 16.7 Å². The lowest BCUT2D eigenvalue weighted by Gasteiger charge is -2.32. The Balaban J connectivity index is 2.18. The smallest absolute Gasteiger partial charge is 0.331 e. The van der Waals surface area contributed by atoms with Gasteiger partial charge in [0.05, 0.1) is 15.1 Å². The van der Waals surface area contributed by atoms with Crippen LogP contribution in [0.2, 0.25) is 20.1 Å². The third kappa shape index (κ3) is 4.27. The minimum Gasteiger partial charge on any atom is -0.506 e. The molecule has 0 radical (unpaired) electrons. The Kier molecular flexibility index (Phi) is 6.12. The maximum Gasteiger partial charge on any atom is 0.331 e. The van der Waals surface area contributed by atoms with Crippen molar-refractivity contribution in [1.82, 2.24) is 0 Å². The fourth-order valence-corrected chi connectivity index (χ4v) is 3.54. The van der Waals surface area contributed by atoms with Gasteiger partial charge in [0.25, 0.3) is 0 Å². The number of phenolic OH excluding ortho intramolecular Hbond substituents is 1. The van der Waals surface area contributed by atoms with E-state index in [0.29, 0.717) is 0 Å². The first kappa shape index (κ1) is 18.7. The van der Waals surface area contributed by atoms with Gasteiger partial charge in [-0.1, -0.05) is 52.8 Å². The quantitative estimate of drug-likeness (QED) is 0.282. The van der Waals surface area contributed by atoms with Gasteiger partial charge in [0.15, 0.2) is 0 Å². The van der Waals surface area contributed by atoms with Crippen LogP contribution in [-0.2, 0) is 9.53 Å². The van der Waals surface area contributed by atoms with E-state index in [-0.39, 0.29) is 31.4 Å². The molecule has 0 amide bonds. The second-order valence-electron chi connectivity index (χ2n) is 5.78. The maximum absolute atomic E-state index is 12.0. The van der Waals surface area contributed by atoms with E-state index >= 15 is 0 Å². The van der Waals surface area contributed by atoms with Crippen molar-refractivity contribution >= 4 is 58.4 Å². The number of hydrogen-bond donors (Lipinski definition) is 1. The Morgan fingerprint density at radius 3 is 2.22 bits per heavy atom. The van der Waals surface area contributed by atoms with Crippen LogP contribution in [0.4, 0.5) is 0 Å². The van der Waals surface area contributed by atoms with E-state index in [4.69, 9.17) is 51.1 Å². The van der Waals surface area contributed by atoms with Crippen LogP contribution in [0.25, 0.3) is 6.08 Å². The number of benzene rings is 1. The normalized spacial score (nSPS) is 17.4. The summed E-state index contributed by atoms with van der Waals surface area (Å²) in [7, 11) is 0. The second-order valence-corrected chi connectivity index (χ2v) is 7.30. The molecule has 1 saturated carbocycles. The molecule has 0 aromatic heterocycles. The first-order valence-electron chi connectivity index (χ1n) is 7.21. The van der Waals surface area contributed by atoms with Crippen LogP contribution in [0.3, 0.4) is 0 Å². The summed E-state index contributed by atoms with van der Waals surface area (Å²) in [5.74, 6) is -0.842. The van der Waals surface area contributed by atoms with Crippen molar-refractivity contribution < 1.29 is 14.6 Å². The number of hydrogen-bond acceptors (Lipinski definition) is 3. The van der Waals surface area contributed by atoms with E-state index < -0.39 is 11.6 Å². The molecule has 1 aromatic rings. The summed E-state index contributed by atoms with van der Waals surface area (Å²) in [4.78, 5) is 12.0. The van der Waals surface area contributed by atoms with Gasteiger partial charge < -0.3 is 9.84 Å². The van der Waals surface area contributed by atoms with Gasteiger partial charge in [0, 0.05) is 11.6 Å². The number of esters is 1. The zero-order valence-electron chi connectivity index (χ0n) is 12.5. The van der Waals surface area contributed by atoms with Gasteiger partial charge in [0.2, 0.25) is 0 Å². The standard InChI is InChI=1S/C16H16Cl4O3/c1-16(7-3-2-4-8-16)23-10(21)6-5-9-11(17)12(18)13(19)14(20)15(9)22/h5-6,22H,2-4,7-8H2,1H3/b6-5+. The van der Waals surface area contributed by atoms with E-state index in [9.17, 15) is 9.90 Å². The summed E-state index contributed by atoms with van der Waals surface area (Å²) in [5, 5.41) is 9.89. The minimum atomic E-state index is -0.507. The molecular weight excluding hydrogens is 382 g/mol. The number of phenols is 1. The van der Waals surface area contributed by atoms with Crippen molar-refractivity contribution in [2.24, 2.45) is 0 Å². The van der Waals surface area contributed by atoms with Crippen LogP contribution in [0.1, 0.15) is 44.6 Å². The summed E-state index contributed by atoms with van der Waals surface area (Å²) < 4.78 is 5.52. The molecule has 0 atom stereocenters. The first-order valence-corrected chi connectivity index (χ1v) is 8.72. The third-order valence-corrected chi connectivity index (χ3v) is 5.73. The summed E-state index contributed by atoms with van der Waals surface area (Å²) in [5.41, 5.74) is -0.322. The molecule has 1 aliphatic rings. The van der Waals surface area contributed by atoms with Gasteiger partial charge in [-0.3, -0.25) is 0 Å². The Hall–Kier alpha value is -0.610. The Labute approximate surface area is 155 Å². The van der Waals surface area contributed by atoms with Crippen molar-refractivity contribution in [1.29, 1.82) is 0 Å².